The maximum absolute atomic E-state index is 13.1. The van der Waals surface area contributed by atoms with Crippen molar-refractivity contribution in [3.63, 3.8) is 0 Å². The van der Waals surface area contributed by atoms with Gasteiger partial charge >= 0.3 is 0 Å². The van der Waals surface area contributed by atoms with Gasteiger partial charge in [-0.2, -0.15) is 0 Å². The molecular weight excluding hydrogens is 297 g/mol. The van der Waals surface area contributed by atoms with Crippen LogP contribution in [-0.2, 0) is 9.53 Å². The highest BCUT2D eigenvalue weighted by molar-refractivity contribution is 5.83. The lowest BCUT2D eigenvalue weighted by molar-refractivity contribution is -0.123. The van der Waals surface area contributed by atoms with E-state index in [1.807, 2.05) is 0 Å². The van der Waals surface area contributed by atoms with Crippen molar-refractivity contribution >= 4 is 5.91 Å². The molecular formula is C17H24FN3O2. The van der Waals surface area contributed by atoms with E-state index >= 15 is 0 Å². The molecule has 1 aliphatic carbocycles. The highest BCUT2D eigenvalue weighted by Crippen LogP contribution is 2.21. The van der Waals surface area contributed by atoms with Gasteiger partial charge in [-0.3, -0.25) is 9.69 Å². The van der Waals surface area contributed by atoms with Gasteiger partial charge in [-0.1, -0.05) is 12.1 Å². The highest BCUT2D eigenvalue weighted by Gasteiger charge is 2.28. The van der Waals surface area contributed by atoms with Gasteiger partial charge in [0, 0.05) is 32.2 Å². The van der Waals surface area contributed by atoms with E-state index in [0.29, 0.717) is 12.6 Å². The Balaban J connectivity index is 1.57. The molecule has 1 atom stereocenters. The molecule has 1 aromatic carbocycles. The van der Waals surface area contributed by atoms with Crippen molar-refractivity contribution < 1.29 is 13.9 Å². The first-order valence-corrected chi connectivity index (χ1v) is 8.32. The van der Waals surface area contributed by atoms with Gasteiger partial charge in [0.1, 0.15) is 11.9 Å². The number of ether oxygens (including phenoxy) is 1. The van der Waals surface area contributed by atoms with Crippen LogP contribution in [-0.4, -0.2) is 56.2 Å². The second-order valence-electron chi connectivity index (χ2n) is 6.18. The number of benzene rings is 1. The van der Waals surface area contributed by atoms with Gasteiger partial charge in [-0.05, 0) is 30.5 Å². The molecule has 1 saturated carbocycles. The third-order valence-electron chi connectivity index (χ3n) is 4.27. The zero-order valence-corrected chi connectivity index (χ0v) is 13.3. The number of carbonyl (C=O) groups excluding carboxylic acids is 1. The number of morpholine rings is 1. The summed E-state index contributed by atoms with van der Waals surface area (Å²) in [7, 11) is 0. The summed E-state index contributed by atoms with van der Waals surface area (Å²) >= 11 is 0. The summed E-state index contributed by atoms with van der Waals surface area (Å²) in [5, 5.41) is 6.35. The Morgan fingerprint density at radius 3 is 2.61 bits per heavy atom. The fourth-order valence-corrected chi connectivity index (χ4v) is 2.72. The van der Waals surface area contributed by atoms with E-state index in [1.54, 1.807) is 12.1 Å². The summed E-state index contributed by atoms with van der Waals surface area (Å²) in [6.07, 6.45) is 2.10. The predicted octanol–water partition coefficient (Wildman–Crippen LogP) is 1.07. The summed E-state index contributed by atoms with van der Waals surface area (Å²) in [6, 6.07) is 6.03. The summed E-state index contributed by atoms with van der Waals surface area (Å²) < 4.78 is 18.5. The number of nitrogens with one attached hydrogen (secondary N) is 2. The van der Waals surface area contributed by atoms with Crippen LogP contribution in [0.5, 0.6) is 0 Å². The molecule has 2 aliphatic rings. The van der Waals surface area contributed by atoms with Gasteiger partial charge in [-0.15, -0.1) is 0 Å². The van der Waals surface area contributed by atoms with Gasteiger partial charge in [-0.25, -0.2) is 4.39 Å². The molecule has 5 nitrogen and oxygen atoms in total. The Hall–Kier alpha value is -1.50. The maximum Gasteiger partial charge on any atom is 0.241 e. The standard InChI is InChI=1S/C17H24FN3O2/c18-14-3-1-13(2-4-14)16(17(22)20-15-5-6-15)19-7-8-21-9-11-23-12-10-21/h1-4,15-16,19H,5-12H2,(H,20,22)/t16-/m0/s1. The first-order valence-electron chi connectivity index (χ1n) is 8.32. The summed E-state index contributed by atoms with van der Waals surface area (Å²) in [5.74, 6) is -0.315. The molecule has 0 unspecified atom stereocenters. The minimum atomic E-state index is -0.433. The van der Waals surface area contributed by atoms with Crippen LogP contribution in [0.3, 0.4) is 0 Å². The van der Waals surface area contributed by atoms with Crippen LogP contribution in [0.15, 0.2) is 24.3 Å². The lowest BCUT2D eigenvalue weighted by Crippen LogP contribution is -2.44. The van der Waals surface area contributed by atoms with Crippen molar-refractivity contribution in [1.82, 2.24) is 15.5 Å². The van der Waals surface area contributed by atoms with Crippen molar-refractivity contribution in [2.45, 2.75) is 24.9 Å². The lowest BCUT2D eigenvalue weighted by atomic mass is 10.1. The van der Waals surface area contributed by atoms with Gasteiger partial charge in [0.25, 0.3) is 0 Å². The topological polar surface area (TPSA) is 53.6 Å². The molecule has 0 aromatic heterocycles. The van der Waals surface area contributed by atoms with Crippen LogP contribution in [0, 0.1) is 5.82 Å². The molecule has 0 spiro atoms. The summed E-state index contributed by atoms with van der Waals surface area (Å²) in [4.78, 5) is 14.8. The SMILES string of the molecule is O=C(NC1CC1)[C@@H](NCCN1CCOCC1)c1ccc(F)cc1. The predicted molar refractivity (Wildman–Crippen MR) is 85.6 cm³/mol. The molecule has 0 radical (unpaired) electrons. The molecule has 3 rings (SSSR count). The molecule has 2 N–H and O–H groups in total. The van der Waals surface area contributed by atoms with Crippen LogP contribution < -0.4 is 10.6 Å². The molecule has 0 bridgehead atoms. The van der Waals surface area contributed by atoms with Gasteiger partial charge in [0.05, 0.1) is 13.2 Å². The Morgan fingerprint density at radius 1 is 1.26 bits per heavy atom. The molecule has 2 fully saturated rings. The highest BCUT2D eigenvalue weighted by atomic mass is 19.1. The zero-order valence-electron chi connectivity index (χ0n) is 13.3. The minimum Gasteiger partial charge on any atom is -0.379 e. The molecule has 1 amide bonds. The Kier molecular flexibility index (Phi) is 5.59. The van der Waals surface area contributed by atoms with Crippen LogP contribution in [0.1, 0.15) is 24.4 Å². The molecule has 1 saturated heterocycles. The van der Waals surface area contributed by atoms with Crippen molar-refractivity contribution in [2.75, 3.05) is 39.4 Å². The molecule has 1 aromatic rings. The number of rotatable bonds is 7. The van der Waals surface area contributed by atoms with Gasteiger partial charge < -0.3 is 15.4 Å². The lowest BCUT2D eigenvalue weighted by Gasteiger charge is -2.27. The fourth-order valence-electron chi connectivity index (χ4n) is 2.72. The monoisotopic (exact) mass is 321 g/mol. The zero-order chi connectivity index (χ0) is 16.1. The van der Waals surface area contributed by atoms with Crippen molar-refractivity contribution in [2.24, 2.45) is 0 Å². The average molecular weight is 321 g/mol. The number of halogens is 1. The molecule has 6 heteroatoms. The summed E-state index contributed by atoms with van der Waals surface area (Å²) in [6.45, 7) is 4.97. The van der Waals surface area contributed by atoms with Crippen LogP contribution >= 0.6 is 0 Å². The Morgan fingerprint density at radius 2 is 1.96 bits per heavy atom. The fraction of sp³-hybridized carbons (Fsp3) is 0.588. The van der Waals surface area contributed by atoms with E-state index in [0.717, 1.165) is 51.3 Å². The van der Waals surface area contributed by atoms with E-state index in [9.17, 15) is 9.18 Å². The number of hydrogen-bond acceptors (Lipinski definition) is 4. The number of nitrogens with zero attached hydrogens (tertiary/aromatic N) is 1. The number of amides is 1. The third kappa shape index (κ3) is 4.99. The van der Waals surface area contributed by atoms with Crippen LogP contribution in [0.4, 0.5) is 4.39 Å². The van der Waals surface area contributed by atoms with Gasteiger partial charge in [0.2, 0.25) is 5.91 Å². The maximum atomic E-state index is 13.1. The Labute approximate surface area is 136 Å². The normalized spacial score (nSPS) is 20.2. The van der Waals surface area contributed by atoms with Gasteiger partial charge in [0.15, 0.2) is 0 Å². The molecule has 1 aliphatic heterocycles. The van der Waals surface area contributed by atoms with E-state index in [1.165, 1.54) is 12.1 Å². The van der Waals surface area contributed by atoms with Crippen LogP contribution in [0.25, 0.3) is 0 Å². The van der Waals surface area contributed by atoms with Crippen molar-refractivity contribution in [1.29, 1.82) is 0 Å². The van der Waals surface area contributed by atoms with Crippen LogP contribution in [0.2, 0.25) is 0 Å². The van der Waals surface area contributed by atoms with E-state index in [4.69, 9.17) is 4.74 Å². The second-order valence-corrected chi connectivity index (χ2v) is 6.18. The second kappa shape index (κ2) is 7.86. The third-order valence-corrected chi connectivity index (χ3v) is 4.27. The first-order chi connectivity index (χ1) is 11.2. The quantitative estimate of drug-likeness (QED) is 0.789. The smallest absolute Gasteiger partial charge is 0.241 e. The molecule has 126 valence electrons. The molecule has 1 heterocycles. The van der Waals surface area contributed by atoms with E-state index < -0.39 is 6.04 Å². The molecule has 23 heavy (non-hydrogen) atoms. The minimum absolute atomic E-state index is 0.0268. The first kappa shape index (κ1) is 16.4. The van der Waals surface area contributed by atoms with Crippen molar-refractivity contribution in [3.05, 3.63) is 35.6 Å². The number of carbonyl (C=O) groups is 1. The summed E-state index contributed by atoms with van der Waals surface area (Å²) in [5.41, 5.74) is 0.798. The van der Waals surface area contributed by atoms with E-state index in [2.05, 4.69) is 15.5 Å². The Bertz CT molecular complexity index is 513. The average Bonchev–Trinajstić information content (AvgIpc) is 3.37. The van der Waals surface area contributed by atoms with E-state index in [-0.39, 0.29) is 11.7 Å². The number of hydrogen-bond donors (Lipinski definition) is 2. The largest absolute Gasteiger partial charge is 0.379 e. The van der Waals surface area contributed by atoms with Crippen molar-refractivity contribution in [3.8, 4) is 0 Å².